The highest BCUT2D eigenvalue weighted by molar-refractivity contribution is 5.39. The molecule has 0 spiro atoms. The molecule has 0 aromatic carbocycles. The Labute approximate surface area is 60.3 Å². The van der Waals surface area contributed by atoms with Gasteiger partial charge in [-0.3, -0.25) is 0 Å². The molecule has 2 aliphatic rings. The van der Waals surface area contributed by atoms with E-state index in [2.05, 4.69) is 29.7 Å². The molecule has 2 N–H and O–H groups in total. The molecule has 2 nitrogen and oxygen atoms in total. The third-order valence-corrected chi connectivity index (χ3v) is 1.74. The molecule has 0 amide bonds. The van der Waals surface area contributed by atoms with E-state index in [-0.39, 0.29) is 0 Å². The zero-order chi connectivity index (χ0) is 6.97. The van der Waals surface area contributed by atoms with Crippen LogP contribution in [0.15, 0.2) is 35.7 Å². The number of nitrogens with one attached hydrogen (secondary N) is 2. The van der Waals surface area contributed by atoms with Crippen LogP contribution in [0.5, 0.6) is 0 Å². The van der Waals surface area contributed by atoms with Crippen LogP contribution in [-0.2, 0) is 0 Å². The average molecular weight is 134 g/mol. The largest absolute Gasteiger partial charge is 0.368 e. The van der Waals surface area contributed by atoms with Crippen LogP contribution in [0.1, 0.15) is 6.92 Å². The van der Waals surface area contributed by atoms with Crippen molar-refractivity contribution in [2.45, 2.75) is 13.1 Å². The fourth-order valence-electron chi connectivity index (χ4n) is 1.23. The van der Waals surface area contributed by atoms with E-state index in [9.17, 15) is 0 Å². The van der Waals surface area contributed by atoms with E-state index >= 15 is 0 Å². The lowest BCUT2D eigenvalue weighted by atomic mass is 10.1. The van der Waals surface area contributed by atoms with Crippen LogP contribution in [0.3, 0.4) is 0 Å². The van der Waals surface area contributed by atoms with E-state index in [1.165, 1.54) is 11.1 Å². The first-order valence-electron chi connectivity index (χ1n) is 3.43. The minimum absolute atomic E-state index is 0.323. The van der Waals surface area contributed by atoms with E-state index in [1.807, 2.05) is 12.4 Å². The maximum atomic E-state index is 3.23. The molecule has 2 aliphatic heterocycles. The Bertz CT molecular complexity index is 236. The monoisotopic (exact) mass is 134 g/mol. The molecule has 0 saturated carbocycles. The molecule has 0 aromatic heterocycles. The summed E-state index contributed by atoms with van der Waals surface area (Å²) in [6.07, 6.45) is 8.58. The topological polar surface area (TPSA) is 24.1 Å². The van der Waals surface area contributed by atoms with Gasteiger partial charge in [0.05, 0.1) is 0 Å². The minimum atomic E-state index is 0.323. The second-order valence-electron chi connectivity index (χ2n) is 2.63. The summed E-state index contributed by atoms with van der Waals surface area (Å²) >= 11 is 0. The van der Waals surface area contributed by atoms with Crippen LogP contribution >= 0.6 is 0 Å². The summed E-state index contributed by atoms with van der Waals surface area (Å²) in [6.45, 7) is 2.09. The van der Waals surface area contributed by atoms with Gasteiger partial charge in [0.25, 0.3) is 0 Å². The van der Waals surface area contributed by atoms with E-state index < -0.39 is 0 Å². The fourth-order valence-corrected chi connectivity index (χ4v) is 1.23. The quantitative estimate of drug-likeness (QED) is 0.513. The van der Waals surface area contributed by atoms with Gasteiger partial charge in [-0.2, -0.15) is 0 Å². The molecule has 0 aliphatic carbocycles. The lowest BCUT2D eigenvalue weighted by molar-refractivity contribution is 0.630. The van der Waals surface area contributed by atoms with E-state index in [1.54, 1.807) is 0 Å². The average Bonchev–Trinajstić information content (AvgIpc) is 2.33. The van der Waals surface area contributed by atoms with Crippen molar-refractivity contribution < 1.29 is 0 Å². The summed E-state index contributed by atoms with van der Waals surface area (Å²) in [5.41, 5.74) is 2.60. The van der Waals surface area contributed by atoms with E-state index in [4.69, 9.17) is 0 Å². The predicted molar refractivity (Wildman–Crippen MR) is 41.0 cm³/mol. The van der Waals surface area contributed by atoms with Crippen molar-refractivity contribution in [2.24, 2.45) is 0 Å². The van der Waals surface area contributed by atoms with Crippen molar-refractivity contribution in [1.82, 2.24) is 10.6 Å². The Morgan fingerprint density at radius 2 is 2.30 bits per heavy atom. The van der Waals surface area contributed by atoms with Gasteiger partial charge in [-0.15, -0.1) is 0 Å². The van der Waals surface area contributed by atoms with Crippen molar-refractivity contribution in [1.29, 1.82) is 0 Å². The van der Waals surface area contributed by atoms with Crippen LogP contribution in [0.4, 0.5) is 0 Å². The molecule has 1 atom stereocenters. The maximum Gasteiger partial charge on any atom is 0.122 e. The lowest BCUT2D eigenvalue weighted by Crippen LogP contribution is -2.36. The van der Waals surface area contributed by atoms with Crippen molar-refractivity contribution in [3.8, 4) is 0 Å². The number of fused-ring (bicyclic) bond motifs is 1. The van der Waals surface area contributed by atoms with Crippen LogP contribution in [-0.4, -0.2) is 6.17 Å². The SMILES string of the molecule is CC1=CNC2NC=CC2=C1. The summed E-state index contributed by atoms with van der Waals surface area (Å²) in [7, 11) is 0. The summed E-state index contributed by atoms with van der Waals surface area (Å²) in [5.74, 6) is 0. The number of rotatable bonds is 0. The van der Waals surface area contributed by atoms with Gasteiger partial charge in [0.2, 0.25) is 0 Å². The maximum absolute atomic E-state index is 3.23. The van der Waals surface area contributed by atoms with Crippen molar-refractivity contribution in [3.63, 3.8) is 0 Å². The minimum Gasteiger partial charge on any atom is -0.368 e. The van der Waals surface area contributed by atoms with Crippen LogP contribution in [0.2, 0.25) is 0 Å². The Kier molecular flexibility index (Phi) is 1.07. The van der Waals surface area contributed by atoms with Gasteiger partial charge >= 0.3 is 0 Å². The molecule has 1 unspecified atom stereocenters. The molecule has 2 rings (SSSR count). The van der Waals surface area contributed by atoms with Gasteiger partial charge in [0.1, 0.15) is 6.17 Å². The molecular formula is C8H10N2. The molecule has 2 heteroatoms. The number of hydrogen-bond acceptors (Lipinski definition) is 2. The summed E-state index contributed by atoms with van der Waals surface area (Å²) in [6, 6.07) is 0. The normalized spacial score (nSPS) is 27.9. The van der Waals surface area contributed by atoms with Crippen molar-refractivity contribution in [3.05, 3.63) is 35.7 Å². The van der Waals surface area contributed by atoms with Gasteiger partial charge in [0.15, 0.2) is 0 Å². The highest BCUT2D eigenvalue weighted by Crippen LogP contribution is 2.15. The first-order valence-corrected chi connectivity index (χ1v) is 3.43. The van der Waals surface area contributed by atoms with Crippen LogP contribution in [0.25, 0.3) is 0 Å². The smallest absolute Gasteiger partial charge is 0.122 e. The van der Waals surface area contributed by atoms with Crippen molar-refractivity contribution >= 4 is 0 Å². The Balaban J connectivity index is 2.31. The second kappa shape index (κ2) is 1.90. The van der Waals surface area contributed by atoms with Crippen LogP contribution in [0, 0.1) is 0 Å². The molecule has 0 fully saturated rings. The molecule has 0 aromatic rings. The molecule has 0 saturated heterocycles. The van der Waals surface area contributed by atoms with E-state index in [0.29, 0.717) is 6.17 Å². The van der Waals surface area contributed by atoms with E-state index in [0.717, 1.165) is 0 Å². The molecule has 0 radical (unpaired) electrons. The highest BCUT2D eigenvalue weighted by Gasteiger charge is 2.15. The molecule has 10 heavy (non-hydrogen) atoms. The highest BCUT2D eigenvalue weighted by atomic mass is 15.1. The van der Waals surface area contributed by atoms with Gasteiger partial charge in [-0.05, 0) is 30.3 Å². The fraction of sp³-hybridized carbons (Fsp3) is 0.250. The number of dihydropyridines is 1. The zero-order valence-electron chi connectivity index (χ0n) is 5.89. The standard InChI is InChI=1S/C8H10N2/c1-6-4-7-2-3-9-8(7)10-5-6/h2-5,8-10H,1H3. The van der Waals surface area contributed by atoms with Gasteiger partial charge in [-0.25, -0.2) is 0 Å². The number of allylic oxidation sites excluding steroid dienone is 2. The summed E-state index contributed by atoms with van der Waals surface area (Å²) in [5, 5.41) is 6.40. The number of hydrogen-bond donors (Lipinski definition) is 2. The Hall–Kier alpha value is -1.18. The zero-order valence-corrected chi connectivity index (χ0v) is 5.89. The lowest BCUT2D eigenvalue weighted by Gasteiger charge is -2.18. The second-order valence-corrected chi connectivity index (χ2v) is 2.63. The Morgan fingerprint density at radius 3 is 3.20 bits per heavy atom. The Morgan fingerprint density at radius 1 is 1.40 bits per heavy atom. The predicted octanol–water partition coefficient (Wildman–Crippen LogP) is 0.863. The molecule has 52 valence electrons. The first kappa shape index (κ1) is 5.59. The molecule has 2 heterocycles. The summed E-state index contributed by atoms with van der Waals surface area (Å²) in [4.78, 5) is 0. The first-order chi connectivity index (χ1) is 4.86. The summed E-state index contributed by atoms with van der Waals surface area (Å²) < 4.78 is 0. The molecule has 0 bridgehead atoms. The van der Waals surface area contributed by atoms with Crippen LogP contribution < -0.4 is 10.6 Å². The van der Waals surface area contributed by atoms with Gasteiger partial charge < -0.3 is 10.6 Å². The van der Waals surface area contributed by atoms with Gasteiger partial charge in [0, 0.05) is 6.20 Å². The van der Waals surface area contributed by atoms with Gasteiger partial charge in [-0.1, -0.05) is 6.08 Å². The van der Waals surface area contributed by atoms with Crippen molar-refractivity contribution in [2.75, 3.05) is 0 Å². The molecular weight excluding hydrogens is 124 g/mol. The third kappa shape index (κ3) is 0.727. The third-order valence-electron chi connectivity index (χ3n) is 1.74.